The zero-order chi connectivity index (χ0) is 14.8. The molecular formula is C16H26O4. The summed E-state index contributed by atoms with van der Waals surface area (Å²) in [5.41, 5.74) is 0.655. The lowest BCUT2D eigenvalue weighted by molar-refractivity contribution is -0.132. The first kappa shape index (κ1) is 15.7. The number of Topliss-reactive ketones (excluding diaryl/α,β-unsaturated/α-hetero) is 1. The number of aliphatic hydroxyl groups is 1. The molecule has 2 unspecified atom stereocenters. The summed E-state index contributed by atoms with van der Waals surface area (Å²) in [6.07, 6.45) is 4.10. The maximum Gasteiger partial charge on any atom is 0.146 e. The molecule has 114 valence electrons. The molecule has 0 saturated heterocycles. The van der Waals surface area contributed by atoms with Crippen LogP contribution in [0, 0.1) is 10.8 Å². The van der Waals surface area contributed by atoms with Gasteiger partial charge in [-0.3, -0.25) is 4.79 Å². The van der Waals surface area contributed by atoms with Crippen molar-refractivity contribution >= 4 is 5.78 Å². The second-order valence-electron chi connectivity index (χ2n) is 6.49. The molecule has 2 aliphatic carbocycles. The predicted molar refractivity (Wildman–Crippen MR) is 76.2 cm³/mol. The maximum atomic E-state index is 11.6. The van der Waals surface area contributed by atoms with Gasteiger partial charge in [0.15, 0.2) is 0 Å². The molecule has 2 saturated carbocycles. The average molecular weight is 282 g/mol. The van der Waals surface area contributed by atoms with E-state index < -0.39 is 6.10 Å². The van der Waals surface area contributed by atoms with Crippen LogP contribution in [0.4, 0.5) is 0 Å². The molecule has 4 heteroatoms. The number of ether oxygens (including phenoxy) is 2. The highest BCUT2D eigenvalue weighted by atomic mass is 16.7. The molecule has 0 aromatic carbocycles. The van der Waals surface area contributed by atoms with Gasteiger partial charge in [0.05, 0.1) is 12.7 Å². The highest BCUT2D eigenvalue weighted by Gasteiger charge is 2.54. The number of ketones is 1. The first-order valence-corrected chi connectivity index (χ1v) is 7.41. The fourth-order valence-corrected chi connectivity index (χ4v) is 3.92. The van der Waals surface area contributed by atoms with E-state index in [1.54, 1.807) is 7.11 Å². The third kappa shape index (κ3) is 2.57. The number of hydrogen-bond donors (Lipinski definition) is 1. The van der Waals surface area contributed by atoms with Gasteiger partial charge in [0, 0.05) is 25.4 Å². The Bertz CT molecular complexity index is 380. The number of methoxy groups -OCH3 is 1. The summed E-state index contributed by atoms with van der Waals surface area (Å²) < 4.78 is 10.6. The van der Waals surface area contributed by atoms with Gasteiger partial charge in [-0.25, -0.2) is 0 Å². The molecule has 0 aromatic heterocycles. The molecule has 0 amide bonds. The normalized spacial score (nSPS) is 33.6. The number of carbonyl (C=O) groups is 1. The molecule has 0 aromatic rings. The van der Waals surface area contributed by atoms with Gasteiger partial charge in [0.2, 0.25) is 0 Å². The summed E-state index contributed by atoms with van der Waals surface area (Å²) in [6, 6.07) is 0. The molecule has 4 nitrogen and oxygen atoms in total. The third-order valence-corrected chi connectivity index (χ3v) is 5.54. The van der Waals surface area contributed by atoms with Crippen molar-refractivity contribution in [3.63, 3.8) is 0 Å². The highest BCUT2D eigenvalue weighted by molar-refractivity contribution is 5.79. The van der Waals surface area contributed by atoms with Crippen LogP contribution in [-0.4, -0.2) is 37.5 Å². The quantitative estimate of drug-likeness (QED) is 0.478. The molecule has 2 fully saturated rings. The van der Waals surface area contributed by atoms with Crippen molar-refractivity contribution in [3.8, 4) is 0 Å². The van der Waals surface area contributed by atoms with Crippen LogP contribution in [0.3, 0.4) is 0 Å². The summed E-state index contributed by atoms with van der Waals surface area (Å²) in [5, 5.41) is 10.1. The third-order valence-electron chi connectivity index (χ3n) is 5.54. The standard InChI is InChI=1S/C16H26O4/c1-12-14(18)6-7-15(12,2)16(10-20-11-19-3)8-4-13(17)5-9-16/h14,18H,1,4-11H2,2-3H3. The monoisotopic (exact) mass is 282 g/mol. The summed E-state index contributed by atoms with van der Waals surface area (Å²) in [7, 11) is 1.61. The van der Waals surface area contributed by atoms with Crippen molar-refractivity contribution in [2.75, 3.05) is 20.5 Å². The van der Waals surface area contributed by atoms with Crippen LogP contribution in [-0.2, 0) is 14.3 Å². The molecule has 0 bridgehead atoms. The zero-order valence-corrected chi connectivity index (χ0v) is 12.6. The Balaban J connectivity index is 2.22. The average Bonchev–Trinajstić information content (AvgIpc) is 2.71. The van der Waals surface area contributed by atoms with Gasteiger partial charge in [-0.05, 0) is 36.7 Å². The van der Waals surface area contributed by atoms with E-state index in [-0.39, 0.29) is 17.6 Å². The minimum absolute atomic E-state index is 0.103. The van der Waals surface area contributed by atoms with Crippen LogP contribution in [0.5, 0.6) is 0 Å². The van der Waals surface area contributed by atoms with Gasteiger partial charge in [-0.1, -0.05) is 13.5 Å². The van der Waals surface area contributed by atoms with Crippen molar-refractivity contribution in [2.24, 2.45) is 10.8 Å². The van der Waals surface area contributed by atoms with Crippen LogP contribution >= 0.6 is 0 Å². The summed E-state index contributed by atoms with van der Waals surface area (Å²) in [6.45, 7) is 7.14. The Labute approximate surface area is 121 Å². The van der Waals surface area contributed by atoms with Crippen molar-refractivity contribution < 1.29 is 19.4 Å². The lowest BCUT2D eigenvalue weighted by Crippen LogP contribution is -2.46. The van der Waals surface area contributed by atoms with Crippen molar-refractivity contribution in [2.45, 2.75) is 51.6 Å². The summed E-state index contributed by atoms with van der Waals surface area (Å²) in [5.74, 6) is 0.333. The Morgan fingerprint density at radius 2 is 2.00 bits per heavy atom. The van der Waals surface area contributed by atoms with E-state index in [0.717, 1.165) is 31.3 Å². The largest absolute Gasteiger partial charge is 0.389 e. The molecule has 0 aliphatic heterocycles. The lowest BCUT2D eigenvalue weighted by Gasteiger charge is -2.49. The molecule has 2 aliphatic rings. The van der Waals surface area contributed by atoms with Gasteiger partial charge in [0.25, 0.3) is 0 Å². The van der Waals surface area contributed by atoms with Crippen molar-refractivity contribution in [1.29, 1.82) is 0 Å². The Morgan fingerprint density at radius 1 is 1.35 bits per heavy atom. The van der Waals surface area contributed by atoms with Gasteiger partial charge in [-0.2, -0.15) is 0 Å². The number of aliphatic hydroxyl groups excluding tert-OH is 1. The minimum atomic E-state index is -0.420. The molecule has 20 heavy (non-hydrogen) atoms. The predicted octanol–water partition coefficient (Wildman–Crippen LogP) is 2.45. The SMILES string of the molecule is C=C1C(O)CCC1(C)C1(COCOC)CCC(=O)CC1. The van der Waals surface area contributed by atoms with E-state index in [4.69, 9.17) is 9.47 Å². The smallest absolute Gasteiger partial charge is 0.146 e. The molecule has 2 rings (SSSR count). The highest BCUT2D eigenvalue weighted by Crippen LogP contribution is 2.59. The maximum absolute atomic E-state index is 11.6. The number of rotatable bonds is 5. The molecule has 0 spiro atoms. The van der Waals surface area contributed by atoms with E-state index in [1.807, 2.05) is 0 Å². The zero-order valence-electron chi connectivity index (χ0n) is 12.6. The van der Waals surface area contributed by atoms with E-state index in [0.29, 0.717) is 25.2 Å². The van der Waals surface area contributed by atoms with Crippen molar-refractivity contribution in [3.05, 3.63) is 12.2 Å². The molecule has 0 radical (unpaired) electrons. The van der Waals surface area contributed by atoms with E-state index in [9.17, 15) is 9.90 Å². The second kappa shape index (κ2) is 5.96. The fourth-order valence-electron chi connectivity index (χ4n) is 3.92. The van der Waals surface area contributed by atoms with Crippen LogP contribution in [0.1, 0.15) is 45.4 Å². The molecular weight excluding hydrogens is 256 g/mol. The fraction of sp³-hybridized carbons (Fsp3) is 0.812. The minimum Gasteiger partial charge on any atom is -0.389 e. The Hall–Kier alpha value is -0.710. The number of hydrogen-bond acceptors (Lipinski definition) is 4. The van der Waals surface area contributed by atoms with Crippen LogP contribution in [0.2, 0.25) is 0 Å². The van der Waals surface area contributed by atoms with E-state index in [2.05, 4.69) is 13.5 Å². The molecule has 1 N–H and O–H groups in total. The lowest BCUT2D eigenvalue weighted by atomic mass is 9.56. The first-order valence-electron chi connectivity index (χ1n) is 7.41. The second-order valence-corrected chi connectivity index (χ2v) is 6.49. The van der Waals surface area contributed by atoms with Gasteiger partial charge in [0.1, 0.15) is 12.6 Å². The number of carbonyl (C=O) groups excluding carboxylic acids is 1. The topological polar surface area (TPSA) is 55.8 Å². The van der Waals surface area contributed by atoms with Crippen LogP contribution in [0.25, 0.3) is 0 Å². The Kier molecular flexibility index (Phi) is 4.67. The van der Waals surface area contributed by atoms with Crippen molar-refractivity contribution in [1.82, 2.24) is 0 Å². The summed E-state index contributed by atoms with van der Waals surface area (Å²) >= 11 is 0. The molecule has 0 heterocycles. The Morgan fingerprint density at radius 3 is 2.50 bits per heavy atom. The van der Waals surface area contributed by atoms with Crippen LogP contribution in [0.15, 0.2) is 12.2 Å². The van der Waals surface area contributed by atoms with Gasteiger partial charge >= 0.3 is 0 Å². The first-order chi connectivity index (χ1) is 9.45. The van der Waals surface area contributed by atoms with E-state index in [1.165, 1.54) is 0 Å². The van der Waals surface area contributed by atoms with Gasteiger partial charge in [-0.15, -0.1) is 0 Å². The van der Waals surface area contributed by atoms with E-state index >= 15 is 0 Å². The molecule has 2 atom stereocenters. The summed E-state index contributed by atoms with van der Waals surface area (Å²) in [4.78, 5) is 11.6. The van der Waals surface area contributed by atoms with Crippen LogP contribution < -0.4 is 0 Å². The van der Waals surface area contributed by atoms with Gasteiger partial charge < -0.3 is 14.6 Å².